The second-order valence-electron chi connectivity index (χ2n) is 7.06. The number of hydrogen-bond acceptors (Lipinski definition) is 5. The maximum absolute atomic E-state index is 12.2. The van der Waals surface area contributed by atoms with Crippen molar-refractivity contribution in [2.45, 2.75) is 25.0 Å². The van der Waals surface area contributed by atoms with E-state index in [1.807, 2.05) is 6.07 Å². The lowest BCUT2D eigenvalue weighted by atomic mass is 9.79. The van der Waals surface area contributed by atoms with E-state index in [-0.39, 0.29) is 11.5 Å². The summed E-state index contributed by atoms with van der Waals surface area (Å²) in [5.41, 5.74) is 1.77. The van der Waals surface area contributed by atoms with E-state index in [1.165, 1.54) is 5.56 Å². The van der Waals surface area contributed by atoms with Crippen LogP contribution >= 0.6 is 0 Å². The highest BCUT2D eigenvalue weighted by molar-refractivity contribution is 5.92. The molecule has 134 valence electrons. The molecule has 1 atom stereocenters. The van der Waals surface area contributed by atoms with Crippen molar-refractivity contribution in [3.63, 3.8) is 0 Å². The van der Waals surface area contributed by atoms with Gasteiger partial charge in [-0.1, -0.05) is 0 Å². The molecule has 0 saturated carbocycles. The van der Waals surface area contributed by atoms with Gasteiger partial charge in [-0.25, -0.2) is 0 Å². The lowest BCUT2D eigenvalue weighted by molar-refractivity contribution is -0.136. The molecule has 0 aromatic carbocycles. The Kier molecular flexibility index (Phi) is 4.35. The average Bonchev–Trinajstić information content (AvgIpc) is 3.28. The van der Waals surface area contributed by atoms with Gasteiger partial charge in [-0.05, 0) is 30.9 Å². The van der Waals surface area contributed by atoms with Gasteiger partial charge in [0.1, 0.15) is 5.69 Å². The number of furan rings is 1. The van der Waals surface area contributed by atoms with Gasteiger partial charge in [0.05, 0.1) is 18.1 Å². The molecule has 25 heavy (non-hydrogen) atoms. The summed E-state index contributed by atoms with van der Waals surface area (Å²) in [6.45, 7) is 4.31. The van der Waals surface area contributed by atoms with Crippen LogP contribution in [0.4, 0.5) is 0 Å². The summed E-state index contributed by atoms with van der Waals surface area (Å²) in [6, 6.07) is 3.74. The van der Waals surface area contributed by atoms with Gasteiger partial charge in [-0.15, -0.1) is 0 Å². The summed E-state index contributed by atoms with van der Waals surface area (Å²) in [5, 5.41) is 7.04. The highest BCUT2D eigenvalue weighted by Gasteiger charge is 2.52. The van der Waals surface area contributed by atoms with E-state index in [4.69, 9.17) is 9.15 Å². The Labute approximate surface area is 146 Å². The van der Waals surface area contributed by atoms with E-state index in [0.717, 1.165) is 39.1 Å². The smallest absolute Gasteiger partial charge is 0.269 e. The van der Waals surface area contributed by atoms with Gasteiger partial charge >= 0.3 is 0 Å². The number of nitrogens with zero attached hydrogens (tertiary/aromatic N) is 3. The zero-order chi connectivity index (χ0) is 17.3. The number of aryl methyl sites for hydroxylation is 1. The quantitative estimate of drug-likeness (QED) is 0.858. The first-order valence-electron chi connectivity index (χ1n) is 8.80. The van der Waals surface area contributed by atoms with Crippen LogP contribution in [0.3, 0.4) is 0 Å². The van der Waals surface area contributed by atoms with Crippen LogP contribution in [-0.4, -0.2) is 52.4 Å². The van der Waals surface area contributed by atoms with Crippen LogP contribution in [0.1, 0.15) is 28.9 Å². The fourth-order valence-electron chi connectivity index (χ4n) is 4.05. The zero-order valence-electron chi connectivity index (χ0n) is 14.5. The highest BCUT2D eigenvalue weighted by Crippen LogP contribution is 2.42. The number of carbonyl (C=O) groups excluding carboxylic acids is 1. The third-order valence-corrected chi connectivity index (χ3v) is 5.40. The molecule has 2 aliphatic rings. The largest absolute Gasteiger partial charge is 0.472 e. The van der Waals surface area contributed by atoms with Crippen LogP contribution in [0.15, 0.2) is 35.3 Å². The molecule has 7 nitrogen and oxygen atoms in total. The first-order valence-corrected chi connectivity index (χ1v) is 8.80. The molecule has 1 spiro atoms. The Hall–Kier alpha value is -2.12. The van der Waals surface area contributed by atoms with E-state index in [1.54, 1.807) is 36.5 Å². The van der Waals surface area contributed by atoms with Crippen LogP contribution in [0.5, 0.6) is 0 Å². The summed E-state index contributed by atoms with van der Waals surface area (Å²) < 4.78 is 12.8. The molecule has 0 radical (unpaired) electrons. The van der Waals surface area contributed by atoms with E-state index < -0.39 is 0 Å². The van der Waals surface area contributed by atoms with E-state index >= 15 is 0 Å². The van der Waals surface area contributed by atoms with E-state index in [0.29, 0.717) is 18.2 Å². The summed E-state index contributed by atoms with van der Waals surface area (Å²) >= 11 is 0. The number of nitrogens with one attached hydrogen (secondary N) is 1. The molecule has 4 rings (SSSR count). The highest BCUT2D eigenvalue weighted by atomic mass is 16.5. The van der Waals surface area contributed by atoms with Crippen molar-refractivity contribution >= 4 is 5.91 Å². The molecule has 2 saturated heterocycles. The Balaban J connectivity index is 1.25. The van der Waals surface area contributed by atoms with Crippen molar-refractivity contribution in [2.24, 2.45) is 13.0 Å². The number of hydrogen-bond donors (Lipinski definition) is 1. The van der Waals surface area contributed by atoms with Crippen LogP contribution in [-0.2, 0) is 18.3 Å². The summed E-state index contributed by atoms with van der Waals surface area (Å²) in [4.78, 5) is 14.5. The third kappa shape index (κ3) is 3.21. The number of rotatable bonds is 6. The van der Waals surface area contributed by atoms with Gasteiger partial charge in [0.15, 0.2) is 0 Å². The van der Waals surface area contributed by atoms with Crippen LogP contribution < -0.4 is 5.32 Å². The zero-order valence-corrected chi connectivity index (χ0v) is 14.5. The first-order chi connectivity index (χ1) is 12.2. The molecule has 0 bridgehead atoms. The van der Waals surface area contributed by atoms with Crippen LogP contribution in [0, 0.1) is 5.92 Å². The second kappa shape index (κ2) is 6.65. The van der Waals surface area contributed by atoms with Gasteiger partial charge in [0, 0.05) is 51.6 Å². The van der Waals surface area contributed by atoms with Gasteiger partial charge < -0.3 is 14.5 Å². The minimum Gasteiger partial charge on any atom is -0.472 e. The summed E-state index contributed by atoms with van der Waals surface area (Å²) in [6.07, 6.45) is 7.17. The Morgan fingerprint density at radius 1 is 1.44 bits per heavy atom. The molecule has 0 aliphatic carbocycles. The predicted molar refractivity (Wildman–Crippen MR) is 90.9 cm³/mol. The molecule has 1 amide bonds. The molecule has 2 fully saturated rings. The lowest BCUT2D eigenvalue weighted by Gasteiger charge is -2.50. The van der Waals surface area contributed by atoms with Gasteiger partial charge in [-0.2, -0.15) is 5.10 Å². The summed E-state index contributed by atoms with van der Waals surface area (Å²) in [7, 11) is 1.78. The molecule has 2 aliphatic heterocycles. The standard InChI is InChI=1S/C18H24N4O3/c1-21-16(3-7-20-21)17(23)19-6-2-15-5-9-25-18(15)12-22(13-18)10-14-4-8-24-11-14/h3-4,7-8,11,15H,2,5-6,9-10,12-13H2,1H3,(H,19,23). The summed E-state index contributed by atoms with van der Waals surface area (Å²) in [5.74, 6) is 0.433. The molecule has 2 aromatic rings. The topological polar surface area (TPSA) is 72.5 Å². The van der Waals surface area contributed by atoms with Crippen LogP contribution in [0.2, 0.25) is 0 Å². The minimum absolute atomic E-state index is 0.0268. The maximum Gasteiger partial charge on any atom is 0.269 e. The van der Waals surface area contributed by atoms with Gasteiger partial charge in [0.2, 0.25) is 0 Å². The maximum atomic E-state index is 12.2. The van der Waals surface area contributed by atoms with E-state index in [9.17, 15) is 4.79 Å². The molecular formula is C18H24N4O3. The van der Waals surface area contributed by atoms with Crippen molar-refractivity contribution in [1.82, 2.24) is 20.0 Å². The first kappa shape index (κ1) is 16.4. The van der Waals surface area contributed by atoms with E-state index in [2.05, 4.69) is 15.3 Å². The molecular weight excluding hydrogens is 320 g/mol. The lowest BCUT2D eigenvalue weighted by Crippen LogP contribution is -2.64. The number of carbonyl (C=O) groups is 1. The minimum atomic E-state index is -0.0665. The van der Waals surface area contributed by atoms with Crippen molar-refractivity contribution in [1.29, 1.82) is 0 Å². The fourth-order valence-corrected chi connectivity index (χ4v) is 4.05. The number of likely N-dealkylation sites (tertiary alicyclic amines) is 1. The fraction of sp³-hybridized carbons (Fsp3) is 0.556. The number of amides is 1. The van der Waals surface area contributed by atoms with Gasteiger partial charge in [0.25, 0.3) is 5.91 Å². The normalized spacial score (nSPS) is 22.2. The SMILES string of the molecule is Cn1nccc1C(=O)NCCC1CCOC12CN(Cc1ccoc1)C2. The Bertz CT molecular complexity index is 719. The van der Waals surface area contributed by atoms with Crippen molar-refractivity contribution in [3.8, 4) is 0 Å². The number of ether oxygens (including phenoxy) is 1. The molecule has 7 heteroatoms. The molecule has 1 unspecified atom stereocenters. The third-order valence-electron chi connectivity index (χ3n) is 5.40. The Morgan fingerprint density at radius 2 is 2.32 bits per heavy atom. The predicted octanol–water partition coefficient (Wildman–Crippen LogP) is 1.42. The molecule has 4 heterocycles. The van der Waals surface area contributed by atoms with Crippen molar-refractivity contribution in [2.75, 3.05) is 26.2 Å². The monoisotopic (exact) mass is 344 g/mol. The van der Waals surface area contributed by atoms with Crippen LogP contribution in [0.25, 0.3) is 0 Å². The van der Waals surface area contributed by atoms with Gasteiger partial charge in [-0.3, -0.25) is 14.4 Å². The van der Waals surface area contributed by atoms with Crippen molar-refractivity contribution < 1.29 is 13.9 Å². The molecule has 2 aromatic heterocycles. The average molecular weight is 344 g/mol. The van der Waals surface area contributed by atoms with Crippen molar-refractivity contribution in [3.05, 3.63) is 42.1 Å². The number of aromatic nitrogens is 2. The second-order valence-corrected chi connectivity index (χ2v) is 7.06. The Morgan fingerprint density at radius 3 is 3.04 bits per heavy atom. The molecule has 1 N–H and O–H groups in total.